The molecular weight excluding hydrogens is 236 g/mol. The van der Waals surface area contributed by atoms with Crippen molar-refractivity contribution < 1.29 is 14.6 Å². The number of ether oxygens (including phenoxy) is 1. The number of rotatable bonds is 3. The van der Waals surface area contributed by atoms with Crippen molar-refractivity contribution in [2.45, 2.75) is 13.8 Å². The Morgan fingerprint density at radius 1 is 1.35 bits per heavy atom. The van der Waals surface area contributed by atoms with Gasteiger partial charge in [-0.1, -0.05) is 12.1 Å². The van der Waals surface area contributed by atoms with Gasteiger partial charge >= 0.3 is 5.97 Å². The largest absolute Gasteiger partial charge is 0.477 e. The molecule has 1 aromatic heterocycles. The second-order valence-electron chi connectivity index (χ2n) is 3.75. The molecule has 0 spiro atoms. The van der Waals surface area contributed by atoms with E-state index < -0.39 is 5.97 Å². The van der Waals surface area contributed by atoms with Crippen molar-refractivity contribution >= 4 is 17.3 Å². The Balaban J connectivity index is 2.25. The fourth-order valence-corrected chi connectivity index (χ4v) is 2.09. The van der Waals surface area contributed by atoms with Crippen molar-refractivity contribution in [1.82, 2.24) is 0 Å². The lowest BCUT2D eigenvalue weighted by Gasteiger charge is -2.08. The molecule has 0 amide bonds. The molecule has 0 radical (unpaired) electrons. The Morgan fingerprint density at radius 2 is 2.12 bits per heavy atom. The van der Waals surface area contributed by atoms with Crippen LogP contribution in [-0.2, 0) is 0 Å². The summed E-state index contributed by atoms with van der Waals surface area (Å²) in [6.45, 7) is 3.99. The van der Waals surface area contributed by atoms with E-state index in [1.54, 1.807) is 5.38 Å². The van der Waals surface area contributed by atoms with E-state index in [2.05, 4.69) is 0 Å². The maximum atomic E-state index is 10.7. The highest BCUT2D eigenvalue weighted by atomic mass is 32.1. The van der Waals surface area contributed by atoms with Crippen molar-refractivity contribution in [1.29, 1.82) is 0 Å². The third kappa shape index (κ3) is 2.47. The summed E-state index contributed by atoms with van der Waals surface area (Å²) in [5.74, 6) is 0.409. The van der Waals surface area contributed by atoms with Crippen molar-refractivity contribution in [3.8, 4) is 11.5 Å². The van der Waals surface area contributed by atoms with Gasteiger partial charge in [0, 0.05) is 11.4 Å². The van der Waals surface area contributed by atoms with E-state index in [-0.39, 0.29) is 4.88 Å². The molecule has 0 saturated heterocycles. The van der Waals surface area contributed by atoms with Crippen LogP contribution in [0.15, 0.2) is 29.6 Å². The van der Waals surface area contributed by atoms with Gasteiger partial charge in [0.15, 0.2) is 0 Å². The van der Waals surface area contributed by atoms with Crippen LogP contribution >= 0.6 is 11.3 Å². The topological polar surface area (TPSA) is 46.5 Å². The first-order chi connectivity index (χ1) is 8.08. The number of aryl methyl sites for hydroxylation is 1. The van der Waals surface area contributed by atoms with Crippen LogP contribution < -0.4 is 4.74 Å². The van der Waals surface area contributed by atoms with Gasteiger partial charge in [-0.3, -0.25) is 0 Å². The zero-order chi connectivity index (χ0) is 12.4. The number of hydrogen-bond donors (Lipinski definition) is 1. The number of aromatic carboxylic acids is 1. The number of carboxylic acids is 1. The van der Waals surface area contributed by atoms with Gasteiger partial charge in [0.25, 0.3) is 0 Å². The molecule has 2 aromatic rings. The van der Waals surface area contributed by atoms with Crippen LogP contribution in [0.4, 0.5) is 0 Å². The molecule has 0 aliphatic heterocycles. The van der Waals surface area contributed by atoms with Gasteiger partial charge in [0.05, 0.1) is 0 Å². The standard InChI is InChI=1S/C13H12O3S/c1-8-4-3-5-11(9(8)2)16-10-6-12(13(14)15)17-7-10/h3-7H,1-2H3,(H,14,15). The number of thiophene rings is 1. The molecule has 1 aromatic carbocycles. The lowest BCUT2D eigenvalue weighted by Crippen LogP contribution is -1.91. The normalized spacial score (nSPS) is 10.2. The van der Waals surface area contributed by atoms with Crippen LogP contribution in [0.1, 0.15) is 20.8 Å². The van der Waals surface area contributed by atoms with E-state index in [0.29, 0.717) is 5.75 Å². The summed E-state index contributed by atoms with van der Waals surface area (Å²) in [7, 11) is 0. The number of carboxylic acid groups (broad SMARTS) is 1. The minimum atomic E-state index is -0.925. The average Bonchev–Trinajstić information content (AvgIpc) is 2.73. The van der Waals surface area contributed by atoms with Gasteiger partial charge in [-0.2, -0.15) is 0 Å². The number of carbonyl (C=O) groups is 1. The molecule has 0 unspecified atom stereocenters. The first-order valence-electron chi connectivity index (χ1n) is 5.14. The third-order valence-electron chi connectivity index (χ3n) is 2.57. The lowest BCUT2D eigenvalue weighted by atomic mass is 10.1. The highest BCUT2D eigenvalue weighted by Gasteiger charge is 2.09. The molecule has 2 rings (SSSR count). The lowest BCUT2D eigenvalue weighted by molar-refractivity contribution is 0.0702. The maximum Gasteiger partial charge on any atom is 0.346 e. The maximum absolute atomic E-state index is 10.7. The fraction of sp³-hybridized carbons (Fsp3) is 0.154. The van der Waals surface area contributed by atoms with Gasteiger partial charge in [0.2, 0.25) is 0 Å². The summed E-state index contributed by atoms with van der Waals surface area (Å²) in [5, 5.41) is 10.5. The van der Waals surface area contributed by atoms with Crippen LogP contribution in [0.3, 0.4) is 0 Å². The zero-order valence-electron chi connectivity index (χ0n) is 9.56. The first kappa shape index (κ1) is 11.7. The smallest absolute Gasteiger partial charge is 0.346 e. The van der Waals surface area contributed by atoms with E-state index in [9.17, 15) is 4.79 Å². The number of hydrogen-bond acceptors (Lipinski definition) is 3. The van der Waals surface area contributed by atoms with E-state index in [1.807, 2.05) is 32.0 Å². The minimum absolute atomic E-state index is 0.283. The Labute approximate surface area is 103 Å². The van der Waals surface area contributed by atoms with Crippen molar-refractivity contribution in [2.75, 3.05) is 0 Å². The summed E-state index contributed by atoms with van der Waals surface area (Å²) in [4.78, 5) is 11.0. The Kier molecular flexibility index (Phi) is 3.15. The van der Waals surface area contributed by atoms with Crippen LogP contribution in [0, 0.1) is 13.8 Å². The summed E-state index contributed by atoms with van der Waals surface area (Å²) >= 11 is 1.16. The summed E-state index contributed by atoms with van der Waals surface area (Å²) in [6.07, 6.45) is 0. The summed E-state index contributed by atoms with van der Waals surface area (Å²) < 4.78 is 5.67. The quantitative estimate of drug-likeness (QED) is 0.897. The molecule has 3 nitrogen and oxygen atoms in total. The van der Waals surface area contributed by atoms with E-state index in [4.69, 9.17) is 9.84 Å². The van der Waals surface area contributed by atoms with Gasteiger partial charge < -0.3 is 9.84 Å². The van der Waals surface area contributed by atoms with Crippen LogP contribution in [0.2, 0.25) is 0 Å². The molecule has 0 fully saturated rings. The first-order valence-corrected chi connectivity index (χ1v) is 6.02. The Hall–Kier alpha value is -1.81. The predicted molar refractivity (Wildman–Crippen MR) is 67.3 cm³/mol. The third-order valence-corrected chi connectivity index (χ3v) is 3.47. The average molecular weight is 248 g/mol. The molecule has 0 bridgehead atoms. The molecule has 0 aliphatic carbocycles. The molecular formula is C13H12O3S. The van der Waals surface area contributed by atoms with E-state index in [1.165, 1.54) is 6.07 Å². The molecule has 0 atom stereocenters. The van der Waals surface area contributed by atoms with Crippen LogP contribution in [0.5, 0.6) is 11.5 Å². The molecule has 1 heterocycles. The second-order valence-corrected chi connectivity index (χ2v) is 4.66. The van der Waals surface area contributed by atoms with Gasteiger partial charge in [-0.25, -0.2) is 4.79 Å². The van der Waals surface area contributed by atoms with Crippen LogP contribution in [0.25, 0.3) is 0 Å². The fourth-order valence-electron chi connectivity index (χ4n) is 1.45. The molecule has 1 N–H and O–H groups in total. The minimum Gasteiger partial charge on any atom is -0.477 e. The molecule has 0 aliphatic rings. The van der Waals surface area contributed by atoms with Gasteiger partial charge in [-0.05, 0) is 31.0 Å². The van der Waals surface area contributed by atoms with Crippen LogP contribution in [-0.4, -0.2) is 11.1 Å². The molecule has 0 saturated carbocycles. The van der Waals surface area contributed by atoms with Crippen molar-refractivity contribution in [3.05, 3.63) is 45.6 Å². The van der Waals surface area contributed by atoms with Gasteiger partial charge in [0.1, 0.15) is 16.4 Å². The van der Waals surface area contributed by atoms with Crippen molar-refractivity contribution in [3.63, 3.8) is 0 Å². The Bertz CT molecular complexity index is 558. The Morgan fingerprint density at radius 3 is 2.76 bits per heavy atom. The SMILES string of the molecule is Cc1cccc(Oc2csc(C(=O)O)c2)c1C. The summed E-state index contributed by atoms with van der Waals surface area (Å²) in [6, 6.07) is 7.34. The predicted octanol–water partition coefficient (Wildman–Crippen LogP) is 3.86. The van der Waals surface area contributed by atoms with Gasteiger partial charge in [-0.15, -0.1) is 11.3 Å². The highest BCUT2D eigenvalue weighted by molar-refractivity contribution is 7.12. The van der Waals surface area contributed by atoms with Crippen molar-refractivity contribution in [2.24, 2.45) is 0 Å². The highest BCUT2D eigenvalue weighted by Crippen LogP contribution is 2.30. The summed E-state index contributed by atoms with van der Waals surface area (Å²) in [5.41, 5.74) is 2.21. The second kappa shape index (κ2) is 4.59. The number of benzene rings is 1. The van der Waals surface area contributed by atoms with E-state index >= 15 is 0 Å². The molecule has 17 heavy (non-hydrogen) atoms. The zero-order valence-corrected chi connectivity index (χ0v) is 10.4. The molecule has 4 heteroatoms. The monoisotopic (exact) mass is 248 g/mol. The molecule has 88 valence electrons. The van der Waals surface area contributed by atoms with E-state index in [0.717, 1.165) is 28.2 Å².